The molecule has 18 heavy (non-hydrogen) atoms. The molecule has 0 aliphatic carbocycles. The lowest BCUT2D eigenvalue weighted by atomic mass is 10.1. The van der Waals surface area contributed by atoms with Gasteiger partial charge in [-0.2, -0.15) is 4.98 Å². The highest BCUT2D eigenvalue weighted by Gasteiger charge is 2.07. The molecule has 0 spiro atoms. The second kappa shape index (κ2) is 4.79. The number of rotatable bonds is 3. The molecule has 0 bridgehead atoms. The van der Waals surface area contributed by atoms with E-state index in [-0.39, 0.29) is 5.82 Å². The third-order valence-electron chi connectivity index (χ3n) is 2.46. The fourth-order valence-electron chi connectivity index (χ4n) is 1.64. The summed E-state index contributed by atoms with van der Waals surface area (Å²) in [5, 5.41) is 0. The highest BCUT2D eigenvalue weighted by molar-refractivity contribution is 5.65. The molecule has 1 aromatic heterocycles. The highest BCUT2D eigenvalue weighted by atomic mass is 16.5. The number of anilines is 1. The normalized spacial score (nSPS) is 10.1. The molecule has 3 N–H and O–H groups in total. The Morgan fingerprint density at radius 2 is 1.89 bits per heavy atom. The number of ether oxygens (including phenoxy) is 2. The van der Waals surface area contributed by atoms with E-state index >= 15 is 0 Å². The van der Waals surface area contributed by atoms with Gasteiger partial charge in [0, 0.05) is 11.6 Å². The molecule has 0 unspecified atom stereocenters. The zero-order valence-electron chi connectivity index (χ0n) is 10.1. The van der Waals surface area contributed by atoms with Crippen LogP contribution in [0.5, 0.6) is 11.5 Å². The molecule has 0 atom stereocenters. The summed E-state index contributed by atoms with van der Waals surface area (Å²) in [4.78, 5) is 17.4. The van der Waals surface area contributed by atoms with Gasteiger partial charge in [-0.3, -0.25) is 0 Å². The zero-order valence-corrected chi connectivity index (χ0v) is 10.1. The highest BCUT2D eigenvalue weighted by Crippen LogP contribution is 2.31. The lowest BCUT2D eigenvalue weighted by molar-refractivity contribution is 0.355. The first-order valence-corrected chi connectivity index (χ1v) is 5.23. The molecular weight excluding hydrogens is 234 g/mol. The van der Waals surface area contributed by atoms with Gasteiger partial charge in [0.1, 0.15) is 5.82 Å². The predicted octanol–water partition coefficient (Wildman–Crippen LogP) is 1.04. The lowest BCUT2D eigenvalue weighted by Crippen LogP contribution is -2.13. The van der Waals surface area contributed by atoms with Crippen molar-refractivity contribution >= 4 is 5.82 Å². The SMILES string of the molecule is COc1ccc(-c2cc(N)nc(=O)[nH]2)cc1OC. The van der Waals surface area contributed by atoms with Crippen molar-refractivity contribution in [2.75, 3.05) is 20.0 Å². The van der Waals surface area contributed by atoms with Crippen LogP contribution in [0.25, 0.3) is 11.3 Å². The van der Waals surface area contributed by atoms with Gasteiger partial charge in [0.25, 0.3) is 0 Å². The van der Waals surface area contributed by atoms with E-state index in [9.17, 15) is 4.79 Å². The largest absolute Gasteiger partial charge is 0.493 e. The average Bonchev–Trinajstić information content (AvgIpc) is 2.36. The predicted molar refractivity (Wildman–Crippen MR) is 67.8 cm³/mol. The maximum Gasteiger partial charge on any atom is 0.347 e. The average molecular weight is 247 g/mol. The minimum Gasteiger partial charge on any atom is -0.493 e. The van der Waals surface area contributed by atoms with Crippen molar-refractivity contribution in [1.29, 1.82) is 0 Å². The van der Waals surface area contributed by atoms with Gasteiger partial charge in [-0.25, -0.2) is 4.79 Å². The van der Waals surface area contributed by atoms with Crippen LogP contribution >= 0.6 is 0 Å². The summed E-state index contributed by atoms with van der Waals surface area (Å²) in [6.07, 6.45) is 0. The van der Waals surface area contributed by atoms with E-state index in [1.807, 2.05) is 0 Å². The van der Waals surface area contributed by atoms with Crippen LogP contribution in [-0.2, 0) is 0 Å². The molecule has 0 aliphatic heterocycles. The number of benzene rings is 1. The second-order valence-electron chi connectivity index (χ2n) is 3.59. The zero-order chi connectivity index (χ0) is 13.1. The lowest BCUT2D eigenvalue weighted by Gasteiger charge is -2.09. The number of methoxy groups -OCH3 is 2. The topological polar surface area (TPSA) is 90.2 Å². The Labute approximate surface area is 103 Å². The van der Waals surface area contributed by atoms with Gasteiger partial charge in [0.2, 0.25) is 0 Å². The number of aromatic nitrogens is 2. The van der Waals surface area contributed by atoms with E-state index in [4.69, 9.17) is 15.2 Å². The summed E-state index contributed by atoms with van der Waals surface area (Å²) >= 11 is 0. The van der Waals surface area contributed by atoms with Crippen LogP contribution in [0.4, 0.5) is 5.82 Å². The standard InChI is InChI=1S/C12H13N3O3/c1-17-9-4-3-7(5-10(9)18-2)8-6-11(13)15-12(16)14-8/h3-6H,1-2H3,(H3,13,14,15,16). The summed E-state index contributed by atoms with van der Waals surface area (Å²) in [5.41, 5.74) is 6.39. The van der Waals surface area contributed by atoms with Crippen molar-refractivity contribution in [2.24, 2.45) is 0 Å². The first-order chi connectivity index (χ1) is 8.63. The summed E-state index contributed by atoms with van der Waals surface area (Å²) in [6, 6.07) is 6.89. The molecule has 0 saturated heterocycles. The van der Waals surface area contributed by atoms with Crippen molar-refractivity contribution in [3.8, 4) is 22.8 Å². The molecule has 0 fully saturated rings. The monoisotopic (exact) mass is 247 g/mol. The van der Waals surface area contributed by atoms with Crippen LogP contribution in [-0.4, -0.2) is 24.2 Å². The molecule has 6 heteroatoms. The van der Waals surface area contributed by atoms with Gasteiger partial charge in [-0.1, -0.05) is 0 Å². The van der Waals surface area contributed by atoms with Gasteiger partial charge in [-0.15, -0.1) is 0 Å². The Morgan fingerprint density at radius 1 is 1.17 bits per heavy atom. The molecular formula is C12H13N3O3. The Bertz CT molecular complexity index is 622. The summed E-state index contributed by atoms with van der Waals surface area (Å²) in [6.45, 7) is 0. The number of nitrogen functional groups attached to an aromatic ring is 1. The van der Waals surface area contributed by atoms with Crippen molar-refractivity contribution in [1.82, 2.24) is 9.97 Å². The van der Waals surface area contributed by atoms with Gasteiger partial charge in [0.15, 0.2) is 11.5 Å². The van der Waals surface area contributed by atoms with Crippen molar-refractivity contribution in [3.05, 3.63) is 34.7 Å². The Morgan fingerprint density at radius 3 is 2.50 bits per heavy atom. The molecule has 94 valence electrons. The Kier molecular flexibility index (Phi) is 3.18. The van der Waals surface area contributed by atoms with Crippen LogP contribution in [0.1, 0.15) is 0 Å². The van der Waals surface area contributed by atoms with Crippen LogP contribution in [0, 0.1) is 0 Å². The fraction of sp³-hybridized carbons (Fsp3) is 0.167. The number of nitrogens with zero attached hydrogens (tertiary/aromatic N) is 1. The Balaban J connectivity index is 2.54. The maximum absolute atomic E-state index is 11.3. The van der Waals surface area contributed by atoms with Crippen LogP contribution in [0.2, 0.25) is 0 Å². The molecule has 0 aliphatic rings. The van der Waals surface area contributed by atoms with Gasteiger partial charge < -0.3 is 20.2 Å². The van der Waals surface area contributed by atoms with E-state index in [0.717, 1.165) is 5.56 Å². The quantitative estimate of drug-likeness (QED) is 0.845. The minimum absolute atomic E-state index is 0.170. The molecule has 1 heterocycles. The summed E-state index contributed by atoms with van der Waals surface area (Å²) in [5.74, 6) is 1.36. The molecule has 0 amide bonds. The molecule has 0 radical (unpaired) electrons. The maximum atomic E-state index is 11.3. The van der Waals surface area contributed by atoms with E-state index in [0.29, 0.717) is 17.2 Å². The third kappa shape index (κ3) is 2.27. The third-order valence-corrected chi connectivity index (χ3v) is 2.46. The van der Waals surface area contributed by atoms with Gasteiger partial charge >= 0.3 is 5.69 Å². The van der Waals surface area contributed by atoms with Gasteiger partial charge in [0.05, 0.1) is 19.9 Å². The van der Waals surface area contributed by atoms with Crippen LogP contribution < -0.4 is 20.9 Å². The van der Waals surface area contributed by atoms with Crippen molar-refractivity contribution in [3.63, 3.8) is 0 Å². The smallest absolute Gasteiger partial charge is 0.347 e. The molecule has 1 aromatic carbocycles. The number of hydrogen-bond acceptors (Lipinski definition) is 5. The van der Waals surface area contributed by atoms with E-state index in [2.05, 4.69) is 9.97 Å². The second-order valence-corrected chi connectivity index (χ2v) is 3.59. The van der Waals surface area contributed by atoms with Crippen molar-refractivity contribution in [2.45, 2.75) is 0 Å². The number of nitrogens with two attached hydrogens (primary N) is 1. The van der Waals surface area contributed by atoms with E-state index in [1.165, 1.54) is 0 Å². The first kappa shape index (κ1) is 12.0. The molecule has 2 rings (SSSR count). The summed E-state index contributed by atoms with van der Waals surface area (Å²) < 4.78 is 10.3. The summed E-state index contributed by atoms with van der Waals surface area (Å²) in [7, 11) is 3.11. The number of aromatic amines is 1. The number of H-pyrrole nitrogens is 1. The Hall–Kier alpha value is -2.50. The molecule has 2 aromatic rings. The fourth-order valence-corrected chi connectivity index (χ4v) is 1.64. The number of hydrogen-bond donors (Lipinski definition) is 2. The van der Waals surface area contributed by atoms with E-state index < -0.39 is 5.69 Å². The van der Waals surface area contributed by atoms with Crippen molar-refractivity contribution < 1.29 is 9.47 Å². The molecule has 6 nitrogen and oxygen atoms in total. The first-order valence-electron chi connectivity index (χ1n) is 5.23. The van der Waals surface area contributed by atoms with E-state index in [1.54, 1.807) is 38.5 Å². The van der Waals surface area contributed by atoms with Crippen LogP contribution in [0.3, 0.4) is 0 Å². The van der Waals surface area contributed by atoms with Crippen LogP contribution in [0.15, 0.2) is 29.1 Å². The molecule has 0 saturated carbocycles. The van der Waals surface area contributed by atoms with Gasteiger partial charge in [-0.05, 0) is 18.2 Å². The minimum atomic E-state index is -0.486. The number of nitrogens with one attached hydrogen (secondary N) is 1.